The average molecular weight is 265 g/mol. The molecule has 2 heterocycles. The lowest BCUT2D eigenvalue weighted by Crippen LogP contribution is -2.44. The summed E-state index contributed by atoms with van der Waals surface area (Å²) in [7, 11) is 0. The largest absolute Gasteiger partial charge is 0.359 e. The Hall–Kier alpha value is -2.36. The molecule has 4 rings (SSSR count). The number of anilines is 1. The highest BCUT2D eigenvalue weighted by atomic mass is 16.2. The molecule has 1 amide bonds. The number of hydrogen-bond donors (Lipinski definition) is 1. The van der Waals surface area contributed by atoms with Gasteiger partial charge in [-0.3, -0.25) is 9.78 Å². The van der Waals surface area contributed by atoms with Gasteiger partial charge in [-0.1, -0.05) is 18.2 Å². The summed E-state index contributed by atoms with van der Waals surface area (Å²) in [5.41, 5.74) is 2.54. The van der Waals surface area contributed by atoms with Gasteiger partial charge in [-0.05, 0) is 37.1 Å². The standard InChI is InChI=1S/C16H15N3O/c20-16-12-5-1-2-6-13(12)18-15(19(16)11-8-9-11)14-7-3-4-10-17-14/h1-7,10-11,15,18H,8-9H2/t15-/m1/s1. The van der Waals surface area contributed by atoms with Crippen molar-refractivity contribution in [3.8, 4) is 0 Å². The van der Waals surface area contributed by atoms with Gasteiger partial charge in [-0.15, -0.1) is 0 Å². The SMILES string of the molecule is O=C1c2ccccc2N[C@@H](c2ccccn2)N1C1CC1. The number of rotatable bonds is 2. The van der Waals surface area contributed by atoms with Gasteiger partial charge in [-0.2, -0.15) is 0 Å². The molecule has 4 nitrogen and oxygen atoms in total. The number of fused-ring (bicyclic) bond motifs is 1. The van der Waals surface area contributed by atoms with Gasteiger partial charge in [0.05, 0.1) is 11.3 Å². The van der Waals surface area contributed by atoms with E-state index in [9.17, 15) is 4.79 Å². The van der Waals surface area contributed by atoms with Crippen molar-refractivity contribution < 1.29 is 4.79 Å². The van der Waals surface area contributed by atoms with Crippen LogP contribution in [-0.2, 0) is 0 Å². The molecule has 100 valence electrons. The highest BCUT2D eigenvalue weighted by Crippen LogP contribution is 2.39. The maximum atomic E-state index is 12.7. The lowest BCUT2D eigenvalue weighted by atomic mass is 10.1. The van der Waals surface area contributed by atoms with Gasteiger partial charge in [0.15, 0.2) is 0 Å². The van der Waals surface area contributed by atoms with E-state index in [2.05, 4.69) is 10.3 Å². The van der Waals surface area contributed by atoms with E-state index in [1.165, 1.54) is 0 Å². The summed E-state index contributed by atoms with van der Waals surface area (Å²) in [6.45, 7) is 0. The summed E-state index contributed by atoms with van der Waals surface area (Å²) in [5, 5.41) is 3.46. The topological polar surface area (TPSA) is 45.2 Å². The highest BCUT2D eigenvalue weighted by molar-refractivity contribution is 6.02. The van der Waals surface area contributed by atoms with E-state index < -0.39 is 0 Å². The van der Waals surface area contributed by atoms with Crippen molar-refractivity contribution in [1.29, 1.82) is 0 Å². The van der Waals surface area contributed by atoms with E-state index in [0.29, 0.717) is 6.04 Å². The van der Waals surface area contributed by atoms with Gasteiger partial charge < -0.3 is 10.2 Å². The first kappa shape index (κ1) is 11.5. The molecule has 1 fully saturated rings. The monoisotopic (exact) mass is 265 g/mol. The molecule has 1 N–H and O–H groups in total. The van der Waals surface area contributed by atoms with Crippen LogP contribution in [0.3, 0.4) is 0 Å². The second-order valence-corrected chi connectivity index (χ2v) is 5.29. The zero-order valence-electron chi connectivity index (χ0n) is 11.0. The second kappa shape index (κ2) is 4.34. The number of carbonyl (C=O) groups excluding carboxylic acids is 1. The van der Waals surface area contributed by atoms with Gasteiger partial charge in [-0.25, -0.2) is 0 Å². The lowest BCUT2D eigenvalue weighted by molar-refractivity contribution is 0.0662. The van der Waals surface area contributed by atoms with Gasteiger partial charge in [0.2, 0.25) is 0 Å². The van der Waals surface area contributed by atoms with Crippen molar-refractivity contribution in [1.82, 2.24) is 9.88 Å². The minimum atomic E-state index is -0.161. The molecule has 2 aromatic rings. The van der Waals surface area contributed by atoms with Crippen molar-refractivity contribution in [3.63, 3.8) is 0 Å². The minimum absolute atomic E-state index is 0.109. The van der Waals surface area contributed by atoms with Crippen LogP contribution in [-0.4, -0.2) is 21.8 Å². The van der Waals surface area contributed by atoms with Crippen LogP contribution >= 0.6 is 0 Å². The molecule has 0 saturated heterocycles. The smallest absolute Gasteiger partial charge is 0.258 e. The maximum absolute atomic E-state index is 12.7. The van der Waals surface area contributed by atoms with Crippen LogP contribution in [0.2, 0.25) is 0 Å². The number of benzene rings is 1. The molecule has 0 unspecified atom stereocenters. The molecule has 1 aromatic heterocycles. The molecule has 1 aliphatic carbocycles. The van der Waals surface area contributed by atoms with E-state index in [4.69, 9.17) is 0 Å². The molecule has 2 aliphatic rings. The molecule has 1 aliphatic heterocycles. The first-order chi connectivity index (χ1) is 9.84. The second-order valence-electron chi connectivity index (χ2n) is 5.29. The van der Waals surface area contributed by atoms with Crippen LogP contribution in [0.5, 0.6) is 0 Å². The number of amides is 1. The maximum Gasteiger partial charge on any atom is 0.258 e. The van der Waals surface area contributed by atoms with Gasteiger partial charge in [0, 0.05) is 17.9 Å². The Balaban J connectivity index is 1.80. The number of para-hydroxylation sites is 1. The first-order valence-corrected chi connectivity index (χ1v) is 6.94. The Bertz CT molecular complexity index is 652. The van der Waals surface area contributed by atoms with Crippen molar-refractivity contribution in [2.24, 2.45) is 0 Å². The molecule has 1 aromatic carbocycles. The summed E-state index contributed by atoms with van der Waals surface area (Å²) in [6, 6.07) is 13.8. The fourth-order valence-corrected chi connectivity index (χ4v) is 2.75. The Morgan fingerprint density at radius 3 is 2.65 bits per heavy atom. The normalized spacial score (nSPS) is 21.3. The average Bonchev–Trinajstić information content (AvgIpc) is 3.33. The summed E-state index contributed by atoms with van der Waals surface area (Å²) >= 11 is 0. The first-order valence-electron chi connectivity index (χ1n) is 6.94. The molecule has 20 heavy (non-hydrogen) atoms. The molecular formula is C16H15N3O. The Labute approximate surface area is 117 Å². The summed E-state index contributed by atoms with van der Waals surface area (Å²) < 4.78 is 0. The highest BCUT2D eigenvalue weighted by Gasteiger charge is 2.42. The van der Waals surface area contributed by atoms with Crippen LogP contribution in [0.15, 0.2) is 48.7 Å². The van der Waals surface area contributed by atoms with E-state index >= 15 is 0 Å². The Morgan fingerprint density at radius 2 is 1.90 bits per heavy atom. The molecule has 0 bridgehead atoms. The fourth-order valence-electron chi connectivity index (χ4n) is 2.75. The van der Waals surface area contributed by atoms with Crippen LogP contribution < -0.4 is 5.32 Å². The van der Waals surface area contributed by atoms with Crippen molar-refractivity contribution in [2.45, 2.75) is 25.0 Å². The van der Waals surface area contributed by atoms with Crippen LogP contribution in [0.1, 0.15) is 35.1 Å². The third-order valence-electron chi connectivity index (χ3n) is 3.87. The van der Waals surface area contributed by atoms with Gasteiger partial charge in [0.25, 0.3) is 5.91 Å². The van der Waals surface area contributed by atoms with Crippen LogP contribution in [0, 0.1) is 0 Å². The van der Waals surface area contributed by atoms with Gasteiger partial charge in [0.1, 0.15) is 6.17 Å². The number of pyridine rings is 1. The number of carbonyl (C=O) groups is 1. The van der Waals surface area contributed by atoms with E-state index in [-0.39, 0.29) is 12.1 Å². The fraction of sp³-hybridized carbons (Fsp3) is 0.250. The lowest BCUT2D eigenvalue weighted by Gasteiger charge is -2.37. The number of aromatic nitrogens is 1. The summed E-state index contributed by atoms with van der Waals surface area (Å²) in [6.07, 6.45) is 3.77. The minimum Gasteiger partial charge on any atom is -0.359 e. The number of nitrogens with one attached hydrogen (secondary N) is 1. The number of hydrogen-bond acceptors (Lipinski definition) is 3. The predicted octanol–water partition coefficient (Wildman–Crippen LogP) is 2.81. The summed E-state index contributed by atoms with van der Waals surface area (Å²) in [4.78, 5) is 19.1. The third kappa shape index (κ3) is 1.76. The molecule has 0 radical (unpaired) electrons. The Kier molecular flexibility index (Phi) is 2.49. The zero-order valence-corrected chi connectivity index (χ0v) is 11.0. The number of nitrogens with zero attached hydrogens (tertiary/aromatic N) is 2. The summed E-state index contributed by atoms with van der Waals surface area (Å²) in [5.74, 6) is 0.109. The molecular weight excluding hydrogens is 250 g/mol. The zero-order chi connectivity index (χ0) is 13.5. The predicted molar refractivity (Wildman–Crippen MR) is 76.2 cm³/mol. The van der Waals surface area contributed by atoms with Crippen molar-refractivity contribution in [2.75, 3.05) is 5.32 Å². The molecule has 1 atom stereocenters. The van der Waals surface area contributed by atoms with Gasteiger partial charge >= 0.3 is 0 Å². The van der Waals surface area contributed by atoms with Crippen LogP contribution in [0.4, 0.5) is 5.69 Å². The van der Waals surface area contributed by atoms with Crippen molar-refractivity contribution >= 4 is 11.6 Å². The Morgan fingerprint density at radius 1 is 1.10 bits per heavy atom. The molecule has 4 heteroatoms. The quantitative estimate of drug-likeness (QED) is 0.908. The molecule has 0 spiro atoms. The van der Waals surface area contributed by atoms with E-state index in [0.717, 1.165) is 29.8 Å². The van der Waals surface area contributed by atoms with Crippen LogP contribution in [0.25, 0.3) is 0 Å². The van der Waals surface area contributed by atoms with E-state index in [1.54, 1.807) is 6.20 Å². The van der Waals surface area contributed by atoms with E-state index in [1.807, 2.05) is 47.4 Å². The third-order valence-corrected chi connectivity index (χ3v) is 3.87. The molecule has 1 saturated carbocycles. The van der Waals surface area contributed by atoms with Crippen molar-refractivity contribution in [3.05, 3.63) is 59.9 Å².